The molecule has 100 valence electrons. The van der Waals surface area contributed by atoms with E-state index in [9.17, 15) is 9.59 Å². The molecule has 0 saturated heterocycles. The summed E-state index contributed by atoms with van der Waals surface area (Å²) in [5, 5.41) is 0. The van der Waals surface area contributed by atoms with Gasteiger partial charge in [0.1, 0.15) is 17.9 Å². The Morgan fingerprint density at radius 1 is 1.37 bits per heavy atom. The van der Waals surface area contributed by atoms with E-state index in [4.69, 9.17) is 5.73 Å². The number of hydrogen-bond donors (Lipinski definition) is 3. The maximum Gasteiger partial charge on any atom is 0.258 e. The summed E-state index contributed by atoms with van der Waals surface area (Å²) in [7, 11) is 0. The molecule has 0 radical (unpaired) electrons. The molecule has 0 bridgehead atoms. The third kappa shape index (κ3) is 2.65. The minimum Gasteiger partial charge on any atom is -0.397 e. The van der Waals surface area contributed by atoms with Crippen LogP contribution >= 0.6 is 0 Å². The molecule has 2 rings (SSSR count). The van der Waals surface area contributed by atoms with Crippen LogP contribution in [0.2, 0.25) is 0 Å². The number of aryl methyl sites for hydroxylation is 1. The van der Waals surface area contributed by atoms with Crippen molar-refractivity contribution in [2.45, 2.75) is 20.4 Å². The van der Waals surface area contributed by atoms with E-state index in [2.05, 4.69) is 15.8 Å². The van der Waals surface area contributed by atoms with Gasteiger partial charge >= 0.3 is 0 Å². The lowest BCUT2D eigenvalue weighted by Crippen LogP contribution is -2.42. The predicted octanol–water partition coefficient (Wildman–Crippen LogP) is 0.0942. The van der Waals surface area contributed by atoms with Gasteiger partial charge in [0, 0.05) is 6.92 Å². The molecular formula is C12H15N5O2. The molecule has 0 atom stereocenters. The summed E-state index contributed by atoms with van der Waals surface area (Å²) in [6.07, 6.45) is 0. The number of carbonyl (C=O) groups excluding carboxylic acids is 2. The van der Waals surface area contributed by atoms with Crippen molar-refractivity contribution >= 4 is 28.5 Å². The first-order chi connectivity index (χ1) is 8.99. The van der Waals surface area contributed by atoms with E-state index in [1.807, 2.05) is 6.07 Å². The van der Waals surface area contributed by atoms with Gasteiger partial charge in [0.25, 0.3) is 5.91 Å². The summed E-state index contributed by atoms with van der Waals surface area (Å²) < 4.78 is 1.74. The number of benzene rings is 1. The van der Waals surface area contributed by atoms with Gasteiger partial charge in [-0.05, 0) is 19.1 Å². The summed E-state index contributed by atoms with van der Waals surface area (Å²) in [6.45, 7) is 3.18. The molecule has 7 heteroatoms. The lowest BCUT2D eigenvalue weighted by molar-refractivity contribution is -0.128. The van der Waals surface area contributed by atoms with Crippen LogP contribution in [0.5, 0.6) is 0 Å². The second-order valence-corrected chi connectivity index (χ2v) is 4.19. The van der Waals surface area contributed by atoms with Gasteiger partial charge in [-0.2, -0.15) is 0 Å². The number of fused-ring (bicyclic) bond motifs is 1. The molecule has 4 N–H and O–H groups in total. The average molecular weight is 261 g/mol. The highest BCUT2D eigenvalue weighted by molar-refractivity contribution is 5.89. The lowest BCUT2D eigenvalue weighted by Gasteiger charge is -2.08. The summed E-state index contributed by atoms with van der Waals surface area (Å²) in [6, 6.07) is 5.41. The smallest absolute Gasteiger partial charge is 0.258 e. The first-order valence-electron chi connectivity index (χ1n) is 5.76. The zero-order valence-electron chi connectivity index (χ0n) is 10.7. The Balaban J connectivity index is 2.25. The highest BCUT2D eigenvalue weighted by Crippen LogP contribution is 2.21. The van der Waals surface area contributed by atoms with Crippen molar-refractivity contribution in [1.82, 2.24) is 20.4 Å². The molecule has 0 saturated carbocycles. The van der Waals surface area contributed by atoms with Crippen LogP contribution in [-0.2, 0) is 16.1 Å². The number of imidazole rings is 1. The van der Waals surface area contributed by atoms with Gasteiger partial charge in [-0.15, -0.1) is 0 Å². The van der Waals surface area contributed by atoms with E-state index in [0.717, 1.165) is 5.52 Å². The number of rotatable bonds is 2. The van der Waals surface area contributed by atoms with E-state index in [1.165, 1.54) is 6.92 Å². The number of aromatic nitrogens is 2. The minimum absolute atomic E-state index is 0.0616. The van der Waals surface area contributed by atoms with Crippen LogP contribution < -0.4 is 16.6 Å². The predicted molar refractivity (Wildman–Crippen MR) is 70.8 cm³/mol. The second kappa shape index (κ2) is 4.97. The summed E-state index contributed by atoms with van der Waals surface area (Å²) >= 11 is 0. The second-order valence-electron chi connectivity index (χ2n) is 4.19. The van der Waals surface area contributed by atoms with Gasteiger partial charge in [0.15, 0.2) is 0 Å². The minimum atomic E-state index is -0.333. The number of nitrogen functional groups attached to an aromatic ring is 1. The standard InChI is InChI=1S/C12H15N5O2/c1-7-14-12-9(13)4-3-5-10(12)17(7)6-11(19)16-15-8(2)18/h3-5H,6,13H2,1-2H3,(H,15,18)(H,16,19). The number of para-hydroxylation sites is 1. The summed E-state index contributed by atoms with van der Waals surface area (Å²) in [5.41, 5.74) is 12.4. The fourth-order valence-corrected chi connectivity index (χ4v) is 1.83. The van der Waals surface area contributed by atoms with Gasteiger partial charge in [-0.1, -0.05) is 6.07 Å². The fourth-order valence-electron chi connectivity index (χ4n) is 1.83. The van der Waals surface area contributed by atoms with Crippen LogP contribution in [0.15, 0.2) is 18.2 Å². The monoisotopic (exact) mass is 261 g/mol. The molecule has 1 heterocycles. The largest absolute Gasteiger partial charge is 0.397 e. The molecule has 2 amide bonds. The molecule has 1 aromatic heterocycles. The summed E-state index contributed by atoms with van der Waals surface area (Å²) in [5.74, 6) is 0.0238. The molecule has 19 heavy (non-hydrogen) atoms. The molecule has 0 aliphatic carbocycles. The zero-order valence-corrected chi connectivity index (χ0v) is 10.7. The number of hydrogen-bond acceptors (Lipinski definition) is 4. The van der Waals surface area contributed by atoms with Crippen molar-refractivity contribution in [3.05, 3.63) is 24.0 Å². The maximum atomic E-state index is 11.7. The van der Waals surface area contributed by atoms with E-state index >= 15 is 0 Å². The van der Waals surface area contributed by atoms with Crippen LogP contribution in [0.1, 0.15) is 12.7 Å². The third-order valence-corrected chi connectivity index (χ3v) is 2.68. The Bertz CT molecular complexity index is 647. The van der Waals surface area contributed by atoms with Crippen LogP contribution in [-0.4, -0.2) is 21.4 Å². The molecule has 2 aromatic rings. The first kappa shape index (κ1) is 12.9. The molecule has 1 aromatic carbocycles. The Morgan fingerprint density at radius 2 is 2.11 bits per heavy atom. The lowest BCUT2D eigenvalue weighted by atomic mass is 10.3. The number of nitrogens with zero attached hydrogens (tertiary/aromatic N) is 2. The number of hydrazine groups is 1. The zero-order chi connectivity index (χ0) is 14.0. The Hall–Kier alpha value is -2.57. The maximum absolute atomic E-state index is 11.7. The topological polar surface area (TPSA) is 102 Å². The number of anilines is 1. The van der Waals surface area contributed by atoms with E-state index in [-0.39, 0.29) is 18.4 Å². The molecule has 0 spiro atoms. The van der Waals surface area contributed by atoms with Crippen molar-refractivity contribution in [2.24, 2.45) is 0 Å². The quantitative estimate of drug-likeness (QED) is 0.527. The van der Waals surface area contributed by atoms with Crippen molar-refractivity contribution < 1.29 is 9.59 Å². The molecule has 0 fully saturated rings. The fraction of sp³-hybridized carbons (Fsp3) is 0.250. The molecule has 0 unspecified atom stereocenters. The van der Waals surface area contributed by atoms with E-state index in [1.54, 1.807) is 23.6 Å². The van der Waals surface area contributed by atoms with Gasteiger partial charge in [-0.25, -0.2) is 4.98 Å². The van der Waals surface area contributed by atoms with E-state index < -0.39 is 0 Å². The molecular weight excluding hydrogens is 246 g/mol. The van der Waals surface area contributed by atoms with Crippen LogP contribution in [0, 0.1) is 6.92 Å². The number of nitrogens with one attached hydrogen (secondary N) is 2. The van der Waals surface area contributed by atoms with Gasteiger partial charge in [0.05, 0.1) is 11.2 Å². The Morgan fingerprint density at radius 3 is 2.79 bits per heavy atom. The van der Waals surface area contributed by atoms with Crippen LogP contribution in [0.4, 0.5) is 5.69 Å². The first-order valence-corrected chi connectivity index (χ1v) is 5.76. The van der Waals surface area contributed by atoms with Crippen molar-refractivity contribution in [3.63, 3.8) is 0 Å². The Labute approximate surface area is 109 Å². The molecule has 7 nitrogen and oxygen atoms in total. The highest BCUT2D eigenvalue weighted by atomic mass is 16.2. The number of carbonyl (C=O) groups is 2. The van der Waals surface area contributed by atoms with Crippen molar-refractivity contribution in [2.75, 3.05) is 5.73 Å². The van der Waals surface area contributed by atoms with Crippen LogP contribution in [0.3, 0.4) is 0 Å². The third-order valence-electron chi connectivity index (χ3n) is 2.68. The average Bonchev–Trinajstić information content (AvgIpc) is 2.66. The number of amides is 2. The normalized spacial score (nSPS) is 10.4. The molecule has 0 aliphatic heterocycles. The highest BCUT2D eigenvalue weighted by Gasteiger charge is 2.12. The van der Waals surface area contributed by atoms with Gasteiger partial charge in [0.2, 0.25) is 5.91 Å². The van der Waals surface area contributed by atoms with Gasteiger partial charge in [-0.3, -0.25) is 20.4 Å². The molecule has 0 aliphatic rings. The van der Waals surface area contributed by atoms with Crippen molar-refractivity contribution in [3.8, 4) is 0 Å². The van der Waals surface area contributed by atoms with Crippen molar-refractivity contribution in [1.29, 1.82) is 0 Å². The van der Waals surface area contributed by atoms with Gasteiger partial charge < -0.3 is 10.3 Å². The summed E-state index contributed by atoms with van der Waals surface area (Å²) in [4.78, 5) is 26.7. The Kier molecular flexibility index (Phi) is 3.37. The SMILES string of the molecule is CC(=O)NNC(=O)Cn1c(C)nc2c(N)cccc21. The van der Waals surface area contributed by atoms with E-state index in [0.29, 0.717) is 17.0 Å². The number of nitrogens with two attached hydrogens (primary N) is 1. The van der Waals surface area contributed by atoms with Crippen LogP contribution in [0.25, 0.3) is 11.0 Å².